The molecule has 0 saturated heterocycles. The Balaban J connectivity index is 1.89. The monoisotopic (exact) mass is 359 g/mol. The molecule has 0 bridgehead atoms. The lowest BCUT2D eigenvalue weighted by Crippen LogP contribution is -2.44. The van der Waals surface area contributed by atoms with E-state index in [1.54, 1.807) is 32.7 Å². The maximum atomic E-state index is 10.8. The Bertz CT molecular complexity index is 838. The fourth-order valence-electron chi connectivity index (χ4n) is 3.53. The van der Waals surface area contributed by atoms with Crippen molar-refractivity contribution in [3.63, 3.8) is 0 Å². The van der Waals surface area contributed by atoms with Gasteiger partial charge in [0.05, 0.1) is 26.2 Å². The number of halogens is 1. The zero-order valence-electron chi connectivity index (χ0n) is 13.9. The van der Waals surface area contributed by atoms with Gasteiger partial charge in [0.25, 0.3) is 0 Å². The SMILES string of the molecule is COc1cc2c3c(c1OC)CC(O)N(c1ccc(Cl)cc1)C3N=CN2. The smallest absolute Gasteiger partial charge is 0.164 e. The number of aliphatic hydroxyl groups excluding tert-OH is 1. The highest BCUT2D eigenvalue weighted by atomic mass is 35.5. The van der Waals surface area contributed by atoms with Crippen LogP contribution in [-0.2, 0) is 6.42 Å². The van der Waals surface area contributed by atoms with Crippen molar-refractivity contribution in [2.45, 2.75) is 18.8 Å². The normalized spacial score (nSPS) is 20.7. The van der Waals surface area contributed by atoms with Crippen molar-refractivity contribution in [2.24, 2.45) is 4.99 Å². The summed E-state index contributed by atoms with van der Waals surface area (Å²) in [6.07, 6.45) is 0.946. The molecule has 2 N–H and O–H groups in total. The Labute approximate surface area is 150 Å². The lowest BCUT2D eigenvalue weighted by Gasteiger charge is -2.42. The zero-order chi connectivity index (χ0) is 17.6. The van der Waals surface area contributed by atoms with E-state index in [-0.39, 0.29) is 6.17 Å². The Morgan fingerprint density at radius 2 is 2.00 bits per heavy atom. The predicted octanol–water partition coefficient (Wildman–Crippen LogP) is 3.19. The highest BCUT2D eigenvalue weighted by molar-refractivity contribution is 6.30. The van der Waals surface area contributed by atoms with Crippen molar-refractivity contribution in [3.05, 3.63) is 46.5 Å². The topological polar surface area (TPSA) is 66.3 Å². The molecule has 0 aliphatic carbocycles. The average molecular weight is 360 g/mol. The lowest BCUT2D eigenvalue weighted by atomic mass is 9.91. The van der Waals surface area contributed by atoms with E-state index in [1.807, 2.05) is 23.1 Å². The number of aliphatic imine (C=N–C) groups is 1. The molecule has 25 heavy (non-hydrogen) atoms. The molecule has 0 fully saturated rings. The number of anilines is 2. The van der Waals surface area contributed by atoms with Crippen LogP contribution in [-0.4, -0.2) is 31.9 Å². The van der Waals surface area contributed by atoms with E-state index < -0.39 is 6.23 Å². The van der Waals surface area contributed by atoms with Crippen molar-refractivity contribution >= 4 is 29.3 Å². The molecule has 6 nitrogen and oxygen atoms in total. The van der Waals surface area contributed by atoms with E-state index in [0.717, 1.165) is 22.5 Å². The second-order valence-electron chi connectivity index (χ2n) is 5.92. The maximum absolute atomic E-state index is 10.8. The third kappa shape index (κ3) is 2.49. The molecule has 2 aliphatic heterocycles. The summed E-state index contributed by atoms with van der Waals surface area (Å²) >= 11 is 6.00. The van der Waals surface area contributed by atoms with Gasteiger partial charge in [-0.05, 0) is 24.3 Å². The van der Waals surface area contributed by atoms with Crippen LogP contribution in [0.1, 0.15) is 17.3 Å². The fourth-order valence-corrected chi connectivity index (χ4v) is 3.66. The molecular weight excluding hydrogens is 342 g/mol. The van der Waals surface area contributed by atoms with Crippen LogP contribution in [0.3, 0.4) is 0 Å². The maximum Gasteiger partial charge on any atom is 0.164 e. The van der Waals surface area contributed by atoms with Crippen molar-refractivity contribution < 1.29 is 14.6 Å². The molecule has 2 aliphatic rings. The molecule has 2 unspecified atom stereocenters. The molecular formula is C18H18ClN3O3. The summed E-state index contributed by atoms with van der Waals surface area (Å²) in [7, 11) is 3.21. The first kappa shape index (κ1) is 16.1. The van der Waals surface area contributed by atoms with Gasteiger partial charge >= 0.3 is 0 Å². The highest BCUT2D eigenvalue weighted by Gasteiger charge is 2.39. The molecule has 0 saturated carbocycles. The summed E-state index contributed by atoms with van der Waals surface area (Å²) in [4.78, 5) is 6.44. The number of hydrogen-bond donors (Lipinski definition) is 2. The van der Waals surface area contributed by atoms with Crippen LogP contribution in [0.4, 0.5) is 11.4 Å². The molecule has 130 valence electrons. The lowest BCUT2D eigenvalue weighted by molar-refractivity contribution is 0.148. The average Bonchev–Trinajstić information content (AvgIpc) is 2.62. The van der Waals surface area contributed by atoms with Gasteiger partial charge in [-0.2, -0.15) is 0 Å². The van der Waals surface area contributed by atoms with Gasteiger partial charge < -0.3 is 24.8 Å². The van der Waals surface area contributed by atoms with Crippen LogP contribution in [0.2, 0.25) is 5.02 Å². The molecule has 2 aromatic carbocycles. The quantitative estimate of drug-likeness (QED) is 0.881. The summed E-state index contributed by atoms with van der Waals surface area (Å²) in [6, 6.07) is 9.27. The largest absolute Gasteiger partial charge is 0.493 e. The highest BCUT2D eigenvalue weighted by Crippen LogP contribution is 2.48. The molecule has 0 radical (unpaired) electrons. The van der Waals surface area contributed by atoms with Gasteiger partial charge in [-0.3, -0.25) is 0 Å². The third-order valence-electron chi connectivity index (χ3n) is 4.60. The summed E-state index contributed by atoms with van der Waals surface area (Å²) < 4.78 is 11.0. The van der Waals surface area contributed by atoms with E-state index in [1.165, 1.54) is 0 Å². The minimum absolute atomic E-state index is 0.351. The van der Waals surface area contributed by atoms with Crippen molar-refractivity contribution in [1.82, 2.24) is 0 Å². The second kappa shape index (κ2) is 6.13. The number of hydrogen-bond acceptors (Lipinski definition) is 6. The van der Waals surface area contributed by atoms with Crippen molar-refractivity contribution in [2.75, 3.05) is 24.4 Å². The first-order valence-corrected chi connectivity index (χ1v) is 8.29. The van der Waals surface area contributed by atoms with Gasteiger partial charge in [0.15, 0.2) is 17.7 Å². The molecule has 4 rings (SSSR count). The molecule has 0 amide bonds. The van der Waals surface area contributed by atoms with Gasteiger partial charge in [-0.25, -0.2) is 4.99 Å². The number of methoxy groups -OCH3 is 2. The Morgan fingerprint density at radius 3 is 2.68 bits per heavy atom. The van der Waals surface area contributed by atoms with Crippen LogP contribution in [0.5, 0.6) is 11.5 Å². The first-order chi connectivity index (χ1) is 12.1. The summed E-state index contributed by atoms with van der Waals surface area (Å²) in [6.45, 7) is 0. The number of rotatable bonds is 3. The second-order valence-corrected chi connectivity index (χ2v) is 6.35. The van der Waals surface area contributed by atoms with E-state index in [4.69, 9.17) is 21.1 Å². The molecule has 2 aromatic rings. The third-order valence-corrected chi connectivity index (χ3v) is 4.85. The van der Waals surface area contributed by atoms with Gasteiger partial charge in [0.2, 0.25) is 0 Å². The van der Waals surface area contributed by atoms with Crippen LogP contribution < -0.4 is 19.7 Å². The van der Waals surface area contributed by atoms with Gasteiger partial charge in [-0.1, -0.05) is 11.6 Å². The predicted molar refractivity (Wildman–Crippen MR) is 98.0 cm³/mol. The summed E-state index contributed by atoms with van der Waals surface area (Å²) in [5.41, 5.74) is 3.65. The Kier molecular flexibility index (Phi) is 3.94. The fraction of sp³-hybridized carbons (Fsp3) is 0.278. The molecule has 7 heteroatoms. The van der Waals surface area contributed by atoms with Crippen LogP contribution in [0.25, 0.3) is 0 Å². The van der Waals surface area contributed by atoms with Gasteiger partial charge in [-0.15, -0.1) is 0 Å². The number of nitrogens with one attached hydrogen (secondary N) is 1. The van der Waals surface area contributed by atoms with Crippen molar-refractivity contribution in [3.8, 4) is 11.5 Å². The summed E-state index contributed by atoms with van der Waals surface area (Å²) in [5.74, 6) is 1.27. The summed E-state index contributed by atoms with van der Waals surface area (Å²) in [5, 5.41) is 14.7. The van der Waals surface area contributed by atoms with Crippen molar-refractivity contribution in [1.29, 1.82) is 0 Å². The van der Waals surface area contributed by atoms with E-state index in [0.29, 0.717) is 22.9 Å². The van der Waals surface area contributed by atoms with Crippen LogP contribution in [0, 0.1) is 0 Å². The molecule has 2 atom stereocenters. The Morgan fingerprint density at radius 1 is 1.24 bits per heavy atom. The minimum atomic E-state index is -0.747. The zero-order valence-corrected chi connectivity index (χ0v) is 14.6. The number of benzene rings is 2. The first-order valence-electron chi connectivity index (χ1n) is 7.92. The van der Waals surface area contributed by atoms with Gasteiger partial charge in [0, 0.05) is 34.3 Å². The van der Waals surface area contributed by atoms with E-state index in [2.05, 4.69) is 10.3 Å². The molecule has 0 spiro atoms. The van der Waals surface area contributed by atoms with E-state index in [9.17, 15) is 5.11 Å². The van der Waals surface area contributed by atoms with Crippen LogP contribution in [0.15, 0.2) is 35.3 Å². The molecule has 0 aromatic heterocycles. The number of nitrogens with zero attached hydrogens (tertiary/aromatic N) is 2. The minimum Gasteiger partial charge on any atom is -0.493 e. The Hall–Kier alpha value is -2.44. The van der Waals surface area contributed by atoms with Gasteiger partial charge in [0.1, 0.15) is 6.23 Å². The molecule has 2 heterocycles. The number of aliphatic hydroxyl groups is 1. The van der Waals surface area contributed by atoms with Crippen LogP contribution >= 0.6 is 11.6 Å². The number of ether oxygens (including phenoxy) is 2. The standard InChI is InChI=1S/C18H18ClN3O3/c1-24-14-8-13-16-12(17(14)25-2)7-15(23)22(18(16)21-9-20-13)11-5-3-10(19)4-6-11/h3-6,8-9,15,18,23H,7H2,1-2H3,(H,20,21). The van der Waals surface area contributed by atoms with E-state index >= 15 is 0 Å².